The molecule has 0 N–H and O–H groups in total. The zero-order valence-electron chi connectivity index (χ0n) is 20.2. The van der Waals surface area contributed by atoms with Crippen molar-refractivity contribution in [1.82, 2.24) is 4.90 Å². The Balaban J connectivity index is 0.000000163. The van der Waals surface area contributed by atoms with Crippen LogP contribution in [-0.4, -0.2) is 24.0 Å². The van der Waals surface area contributed by atoms with Crippen LogP contribution in [0.15, 0.2) is 60.2 Å². The van der Waals surface area contributed by atoms with Gasteiger partial charge in [-0.25, -0.2) is 0 Å². The van der Waals surface area contributed by atoms with Gasteiger partial charge >= 0.3 is 0 Å². The smallest absolute Gasteiger partial charge is 0.00385 e. The summed E-state index contributed by atoms with van der Waals surface area (Å²) in [6, 6.07) is 19.9. The van der Waals surface area contributed by atoms with Crippen molar-refractivity contribution in [3.05, 3.63) is 76.9 Å². The second kappa shape index (κ2) is 12.7. The highest BCUT2D eigenvalue weighted by Gasteiger charge is 2.13. The maximum atomic E-state index is 2.56. The summed E-state index contributed by atoms with van der Waals surface area (Å²) in [5.41, 5.74) is 5.89. The first-order valence-corrected chi connectivity index (χ1v) is 12.0. The van der Waals surface area contributed by atoms with E-state index in [1.54, 1.807) is 5.57 Å². The van der Waals surface area contributed by atoms with Gasteiger partial charge in [-0.3, -0.25) is 0 Å². The summed E-state index contributed by atoms with van der Waals surface area (Å²) in [4.78, 5) is 2.56. The number of allylic oxidation sites excluding steroid dienone is 1. The van der Waals surface area contributed by atoms with Gasteiger partial charge in [-0.15, -0.1) is 0 Å². The second-order valence-electron chi connectivity index (χ2n) is 9.51. The van der Waals surface area contributed by atoms with E-state index in [1.165, 1.54) is 49.0 Å². The Kier molecular flexibility index (Phi) is 10.4. The third-order valence-electron chi connectivity index (χ3n) is 6.12. The number of rotatable bonds is 3. The van der Waals surface area contributed by atoms with Crippen molar-refractivity contribution < 1.29 is 0 Å². The van der Waals surface area contributed by atoms with Gasteiger partial charge in [-0.2, -0.15) is 0 Å². The first-order chi connectivity index (χ1) is 14.4. The van der Waals surface area contributed by atoms with Gasteiger partial charge in [0.05, 0.1) is 0 Å². The third-order valence-corrected chi connectivity index (χ3v) is 6.12. The van der Waals surface area contributed by atoms with Crippen LogP contribution < -0.4 is 0 Å². The molecule has 1 fully saturated rings. The number of fused-ring (bicyclic) bond motifs is 1. The van der Waals surface area contributed by atoms with Crippen molar-refractivity contribution in [2.75, 3.05) is 13.1 Å². The maximum absolute atomic E-state index is 2.56. The molecule has 0 bridgehead atoms. The van der Waals surface area contributed by atoms with E-state index in [2.05, 4.69) is 101 Å². The Labute approximate surface area is 186 Å². The number of nitrogens with zero attached hydrogens (tertiary/aromatic N) is 1. The van der Waals surface area contributed by atoms with Crippen LogP contribution in [0.25, 0.3) is 6.08 Å². The molecule has 1 aliphatic heterocycles. The van der Waals surface area contributed by atoms with Gasteiger partial charge in [0.25, 0.3) is 0 Å². The van der Waals surface area contributed by atoms with E-state index in [9.17, 15) is 0 Å². The van der Waals surface area contributed by atoms with E-state index >= 15 is 0 Å². The van der Waals surface area contributed by atoms with E-state index in [4.69, 9.17) is 0 Å². The standard InChI is InChI=1S/C12H14.C9H12.C8H17N/c1-9(2)12-7-10-5-3-4-6-11(10)8-12;2*1-8(2)9-6-4-3-5-7-9/h3-7,9H,8H2,1-2H3;3-8H,1-2H3;8H,3-7H2,1-2H3. The molecule has 0 saturated carbocycles. The van der Waals surface area contributed by atoms with Crippen LogP contribution in [0.4, 0.5) is 0 Å². The number of piperidine rings is 1. The Morgan fingerprint density at radius 2 is 1.27 bits per heavy atom. The van der Waals surface area contributed by atoms with E-state index in [0.717, 1.165) is 12.5 Å². The van der Waals surface area contributed by atoms with E-state index in [0.29, 0.717) is 11.8 Å². The largest absolute Gasteiger partial charge is 0.301 e. The molecule has 1 nitrogen and oxygen atoms in total. The lowest BCUT2D eigenvalue weighted by Crippen LogP contribution is -2.35. The summed E-state index contributed by atoms with van der Waals surface area (Å²) in [6.07, 6.45) is 7.77. The minimum Gasteiger partial charge on any atom is -0.301 e. The van der Waals surface area contributed by atoms with Gasteiger partial charge in [-0.05, 0) is 74.7 Å². The number of hydrogen-bond donors (Lipinski definition) is 0. The highest BCUT2D eigenvalue weighted by Crippen LogP contribution is 2.28. The van der Waals surface area contributed by atoms with Crippen molar-refractivity contribution >= 4 is 6.08 Å². The summed E-state index contributed by atoms with van der Waals surface area (Å²) in [7, 11) is 0. The van der Waals surface area contributed by atoms with E-state index in [1.807, 2.05) is 6.07 Å². The monoisotopic (exact) mass is 405 g/mol. The van der Waals surface area contributed by atoms with E-state index in [-0.39, 0.29) is 0 Å². The zero-order chi connectivity index (χ0) is 21.9. The second-order valence-corrected chi connectivity index (χ2v) is 9.51. The van der Waals surface area contributed by atoms with Crippen LogP contribution in [0.1, 0.15) is 83.4 Å². The van der Waals surface area contributed by atoms with Crippen LogP contribution in [0.3, 0.4) is 0 Å². The van der Waals surface area contributed by atoms with Crippen LogP contribution in [0.2, 0.25) is 0 Å². The molecule has 1 aliphatic carbocycles. The summed E-state index contributed by atoms with van der Waals surface area (Å²) in [5, 5.41) is 0. The Morgan fingerprint density at radius 3 is 1.73 bits per heavy atom. The molecular weight excluding hydrogens is 362 g/mol. The molecule has 0 aromatic heterocycles. The molecule has 2 aliphatic rings. The Bertz CT molecular complexity index is 749. The van der Waals surface area contributed by atoms with Gasteiger partial charge in [0.2, 0.25) is 0 Å². The molecule has 1 heterocycles. The van der Waals surface area contributed by atoms with Crippen molar-refractivity contribution in [1.29, 1.82) is 0 Å². The number of likely N-dealkylation sites (tertiary alicyclic amines) is 1. The topological polar surface area (TPSA) is 3.24 Å². The maximum Gasteiger partial charge on any atom is 0.00385 e. The lowest BCUT2D eigenvalue weighted by Gasteiger charge is -2.29. The predicted molar refractivity (Wildman–Crippen MR) is 134 cm³/mol. The fourth-order valence-corrected chi connectivity index (χ4v) is 3.95. The van der Waals surface area contributed by atoms with Crippen LogP contribution in [0, 0.1) is 5.92 Å². The van der Waals surface area contributed by atoms with Crippen LogP contribution in [-0.2, 0) is 6.42 Å². The van der Waals surface area contributed by atoms with Gasteiger partial charge in [-0.1, -0.05) is 100 Å². The molecule has 2 aromatic carbocycles. The number of hydrogen-bond acceptors (Lipinski definition) is 1. The Hall–Kier alpha value is -1.86. The zero-order valence-corrected chi connectivity index (χ0v) is 20.2. The minimum absolute atomic E-state index is 0.659. The molecule has 1 saturated heterocycles. The van der Waals surface area contributed by atoms with Crippen molar-refractivity contribution in [3.63, 3.8) is 0 Å². The summed E-state index contributed by atoms with van der Waals surface area (Å²) in [5.74, 6) is 1.35. The SMILES string of the molecule is CC(C)C1=Cc2ccccc2C1.CC(C)N1CCCCC1.CC(C)c1ccccc1. The molecule has 1 heteroatoms. The molecule has 0 unspecified atom stereocenters. The fraction of sp³-hybridized carbons (Fsp3) is 0.517. The van der Waals surface area contributed by atoms with Crippen LogP contribution in [0.5, 0.6) is 0 Å². The average molecular weight is 406 g/mol. The first-order valence-electron chi connectivity index (χ1n) is 12.0. The van der Waals surface area contributed by atoms with Crippen LogP contribution >= 0.6 is 0 Å². The predicted octanol–water partition coefficient (Wildman–Crippen LogP) is 7.97. The first kappa shape index (κ1) is 24.4. The van der Waals surface area contributed by atoms with Crippen molar-refractivity contribution in [2.45, 2.75) is 79.2 Å². The van der Waals surface area contributed by atoms with Crippen molar-refractivity contribution in [2.24, 2.45) is 5.92 Å². The highest BCUT2D eigenvalue weighted by atomic mass is 15.1. The third kappa shape index (κ3) is 8.11. The molecule has 4 rings (SSSR count). The van der Waals surface area contributed by atoms with E-state index < -0.39 is 0 Å². The highest BCUT2D eigenvalue weighted by molar-refractivity contribution is 5.63. The molecule has 30 heavy (non-hydrogen) atoms. The van der Waals surface area contributed by atoms with Crippen molar-refractivity contribution in [3.8, 4) is 0 Å². The summed E-state index contributed by atoms with van der Waals surface area (Å²) < 4.78 is 0. The summed E-state index contributed by atoms with van der Waals surface area (Å²) in [6.45, 7) is 16.2. The van der Waals surface area contributed by atoms with Gasteiger partial charge < -0.3 is 4.90 Å². The fourth-order valence-electron chi connectivity index (χ4n) is 3.95. The normalized spacial score (nSPS) is 15.8. The summed E-state index contributed by atoms with van der Waals surface area (Å²) >= 11 is 0. The van der Waals surface area contributed by atoms with Gasteiger partial charge in [0.1, 0.15) is 0 Å². The molecule has 0 atom stereocenters. The lowest BCUT2D eigenvalue weighted by atomic mass is 10.0. The number of benzene rings is 2. The average Bonchev–Trinajstić information content (AvgIpc) is 3.21. The molecule has 164 valence electrons. The Morgan fingerprint density at radius 1 is 0.667 bits per heavy atom. The molecule has 0 spiro atoms. The molecule has 0 amide bonds. The quantitative estimate of drug-likeness (QED) is 0.500. The molecular formula is C29H43N. The minimum atomic E-state index is 0.659. The molecule has 2 aromatic rings. The lowest BCUT2D eigenvalue weighted by molar-refractivity contribution is 0.185. The van der Waals surface area contributed by atoms with Gasteiger partial charge in [0, 0.05) is 6.04 Å². The van der Waals surface area contributed by atoms with Gasteiger partial charge in [0.15, 0.2) is 0 Å². The molecule has 0 radical (unpaired) electrons.